The summed E-state index contributed by atoms with van der Waals surface area (Å²) in [5.74, 6) is 0. The highest BCUT2D eigenvalue weighted by Crippen LogP contribution is 2.17. The Bertz CT molecular complexity index is 597. The van der Waals surface area contributed by atoms with E-state index in [0.29, 0.717) is 12.1 Å². The molecule has 18 heavy (non-hydrogen) atoms. The molecule has 0 fully saturated rings. The number of pyridine rings is 1. The highest BCUT2D eigenvalue weighted by Gasteiger charge is 2.03. The highest BCUT2D eigenvalue weighted by atomic mass is 14.9. The summed E-state index contributed by atoms with van der Waals surface area (Å²) in [5, 5.41) is 12.4. The molecule has 0 atom stereocenters. The fraction of sp³-hybridized carbons (Fsp3) is 0.200. The van der Waals surface area contributed by atoms with Crippen LogP contribution in [0.3, 0.4) is 0 Å². The van der Waals surface area contributed by atoms with Crippen molar-refractivity contribution in [3.05, 3.63) is 58.9 Å². The van der Waals surface area contributed by atoms with Gasteiger partial charge in [-0.15, -0.1) is 0 Å². The number of aryl methyl sites for hydroxylation is 2. The van der Waals surface area contributed by atoms with Crippen molar-refractivity contribution >= 4 is 5.69 Å². The van der Waals surface area contributed by atoms with E-state index in [2.05, 4.69) is 23.3 Å². The van der Waals surface area contributed by atoms with Crippen LogP contribution >= 0.6 is 0 Å². The molecule has 0 amide bonds. The lowest BCUT2D eigenvalue weighted by Crippen LogP contribution is -2.03. The van der Waals surface area contributed by atoms with Gasteiger partial charge in [0.1, 0.15) is 6.07 Å². The molecule has 1 aromatic carbocycles. The maximum absolute atomic E-state index is 9.09. The van der Waals surface area contributed by atoms with Gasteiger partial charge in [0.25, 0.3) is 0 Å². The number of hydrogen-bond acceptors (Lipinski definition) is 3. The number of anilines is 1. The summed E-state index contributed by atoms with van der Waals surface area (Å²) in [6.45, 7) is 4.71. The predicted molar refractivity (Wildman–Crippen MR) is 72.2 cm³/mol. The lowest BCUT2D eigenvalue weighted by Gasteiger charge is -2.10. The third-order valence-electron chi connectivity index (χ3n) is 2.91. The van der Waals surface area contributed by atoms with Crippen molar-refractivity contribution in [2.45, 2.75) is 20.4 Å². The number of nitriles is 1. The molecule has 0 spiro atoms. The molecule has 0 bridgehead atoms. The van der Waals surface area contributed by atoms with Crippen LogP contribution in [0.2, 0.25) is 0 Å². The minimum absolute atomic E-state index is 0.677. The van der Waals surface area contributed by atoms with E-state index in [1.807, 2.05) is 37.4 Å². The standard InChI is InChI=1S/C15H15N3/c1-11-3-4-15(13(7-11)8-16)18-10-14-9-17-6-5-12(14)2/h3-7,9,18H,10H2,1-2H3. The van der Waals surface area contributed by atoms with E-state index in [4.69, 9.17) is 5.26 Å². The molecule has 0 aliphatic heterocycles. The average Bonchev–Trinajstić information content (AvgIpc) is 2.39. The first-order valence-electron chi connectivity index (χ1n) is 5.85. The van der Waals surface area contributed by atoms with Crippen LogP contribution < -0.4 is 5.32 Å². The molecule has 1 heterocycles. The molecule has 0 saturated carbocycles. The third-order valence-corrected chi connectivity index (χ3v) is 2.91. The van der Waals surface area contributed by atoms with Crippen LogP contribution in [0.5, 0.6) is 0 Å². The Hall–Kier alpha value is -2.34. The molecule has 2 aromatic rings. The van der Waals surface area contributed by atoms with Crippen molar-refractivity contribution in [2.24, 2.45) is 0 Å². The summed E-state index contributed by atoms with van der Waals surface area (Å²) in [4.78, 5) is 4.11. The Morgan fingerprint density at radius 2 is 2.11 bits per heavy atom. The first-order chi connectivity index (χ1) is 8.70. The first kappa shape index (κ1) is 12.1. The quantitative estimate of drug-likeness (QED) is 0.891. The summed E-state index contributed by atoms with van der Waals surface area (Å²) in [5.41, 5.74) is 4.97. The molecule has 3 nitrogen and oxygen atoms in total. The zero-order chi connectivity index (χ0) is 13.0. The Labute approximate surface area is 107 Å². The summed E-state index contributed by atoms with van der Waals surface area (Å²) < 4.78 is 0. The first-order valence-corrected chi connectivity index (χ1v) is 5.85. The van der Waals surface area contributed by atoms with Gasteiger partial charge in [0, 0.05) is 18.9 Å². The number of benzene rings is 1. The largest absolute Gasteiger partial charge is 0.380 e. The van der Waals surface area contributed by atoms with Crippen molar-refractivity contribution in [2.75, 3.05) is 5.32 Å². The monoisotopic (exact) mass is 237 g/mol. The SMILES string of the molecule is Cc1ccc(NCc2cnccc2C)c(C#N)c1. The van der Waals surface area contributed by atoms with Crippen LogP contribution in [0.15, 0.2) is 36.7 Å². The van der Waals surface area contributed by atoms with Crippen LogP contribution in [0, 0.1) is 25.2 Å². The molecule has 0 aliphatic rings. The second kappa shape index (κ2) is 5.33. The van der Waals surface area contributed by atoms with Crippen LogP contribution in [-0.2, 0) is 6.54 Å². The van der Waals surface area contributed by atoms with Gasteiger partial charge in [-0.05, 0) is 48.7 Å². The van der Waals surface area contributed by atoms with Crippen LogP contribution in [0.4, 0.5) is 5.69 Å². The van der Waals surface area contributed by atoms with E-state index in [1.165, 1.54) is 5.56 Å². The fourth-order valence-electron chi connectivity index (χ4n) is 1.78. The lowest BCUT2D eigenvalue weighted by molar-refractivity contribution is 1.08. The average molecular weight is 237 g/mol. The molecule has 0 aliphatic carbocycles. The summed E-state index contributed by atoms with van der Waals surface area (Å²) >= 11 is 0. The smallest absolute Gasteiger partial charge is 0.101 e. The summed E-state index contributed by atoms with van der Waals surface area (Å²) in [6, 6.07) is 10.0. The van der Waals surface area contributed by atoms with Crippen LogP contribution in [0.25, 0.3) is 0 Å². The van der Waals surface area contributed by atoms with Gasteiger partial charge in [-0.1, -0.05) is 6.07 Å². The van der Waals surface area contributed by atoms with E-state index >= 15 is 0 Å². The molecular weight excluding hydrogens is 222 g/mol. The number of nitrogens with one attached hydrogen (secondary N) is 1. The Kier molecular flexibility index (Phi) is 3.59. The zero-order valence-corrected chi connectivity index (χ0v) is 10.6. The normalized spacial score (nSPS) is 9.83. The van der Waals surface area contributed by atoms with E-state index in [0.717, 1.165) is 16.8 Å². The molecule has 3 heteroatoms. The van der Waals surface area contributed by atoms with Gasteiger partial charge in [-0.2, -0.15) is 5.26 Å². The summed E-state index contributed by atoms with van der Waals surface area (Å²) in [7, 11) is 0. The molecule has 0 radical (unpaired) electrons. The van der Waals surface area contributed by atoms with Gasteiger partial charge in [-0.25, -0.2) is 0 Å². The number of nitrogens with zero attached hydrogens (tertiary/aromatic N) is 2. The maximum atomic E-state index is 9.09. The van der Waals surface area contributed by atoms with Crippen LogP contribution in [0.1, 0.15) is 22.3 Å². The number of hydrogen-bond donors (Lipinski definition) is 1. The van der Waals surface area contributed by atoms with Crippen molar-refractivity contribution in [3.63, 3.8) is 0 Å². The Morgan fingerprint density at radius 1 is 1.28 bits per heavy atom. The molecule has 2 rings (SSSR count). The molecule has 1 aromatic heterocycles. The summed E-state index contributed by atoms with van der Waals surface area (Å²) in [6.07, 6.45) is 3.63. The van der Waals surface area contributed by atoms with Gasteiger partial charge >= 0.3 is 0 Å². The molecule has 90 valence electrons. The van der Waals surface area contributed by atoms with Gasteiger partial charge < -0.3 is 5.32 Å². The highest BCUT2D eigenvalue weighted by molar-refractivity contribution is 5.58. The van der Waals surface area contributed by atoms with Crippen molar-refractivity contribution in [1.29, 1.82) is 5.26 Å². The minimum Gasteiger partial charge on any atom is -0.380 e. The molecule has 0 saturated heterocycles. The second-order valence-electron chi connectivity index (χ2n) is 4.32. The Balaban J connectivity index is 2.16. The molecular formula is C15H15N3. The minimum atomic E-state index is 0.677. The van der Waals surface area contributed by atoms with Crippen molar-refractivity contribution in [1.82, 2.24) is 4.98 Å². The fourth-order valence-corrected chi connectivity index (χ4v) is 1.78. The molecule has 1 N–H and O–H groups in total. The van der Waals surface area contributed by atoms with E-state index in [-0.39, 0.29) is 0 Å². The lowest BCUT2D eigenvalue weighted by atomic mass is 10.1. The van der Waals surface area contributed by atoms with E-state index in [1.54, 1.807) is 6.20 Å². The number of aromatic nitrogens is 1. The van der Waals surface area contributed by atoms with Crippen LogP contribution in [-0.4, -0.2) is 4.98 Å². The van der Waals surface area contributed by atoms with Crippen molar-refractivity contribution < 1.29 is 0 Å². The maximum Gasteiger partial charge on any atom is 0.101 e. The molecule has 0 unspecified atom stereocenters. The Morgan fingerprint density at radius 3 is 2.83 bits per heavy atom. The van der Waals surface area contributed by atoms with Crippen molar-refractivity contribution in [3.8, 4) is 6.07 Å². The van der Waals surface area contributed by atoms with Gasteiger partial charge in [0.2, 0.25) is 0 Å². The van der Waals surface area contributed by atoms with Gasteiger partial charge in [0.05, 0.1) is 11.3 Å². The zero-order valence-electron chi connectivity index (χ0n) is 10.6. The predicted octanol–water partition coefficient (Wildman–Crippen LogP) is 3.18. The van der Waals surface area contributed by atoms with Gasteiger partial charge in [0.15, 0.2) is 0 Å². The van der Waals surface area contributed by atoms with Gasteiger partial charge in [-0.3, -0.25) is 4.98 Å². The number of rotatable bonds is 3. The van der Waals surface area contributed by atoms with E-state index < -0.39 is 0 Å². The third kappa shape index (κ3) is 2.67. The second-order valence-corrected chi connectivity index (χ2v) is 4.32. The topological polar surface area (TPSA) is 48.7 Å². The van der Waals surface area contributed by atoms with E-state index in [9.17, 15) is 0 Å².